The van der Waals surface area contributed by atoms with Crippen LogP contribution in [0.3, 0.4) is 0 Å². The zero-order chi connectivity index (χ0) is 23.5. The van der Waals surface area contributed by atoms with Crippen molar-refractivity contribution >= 4 is 35.0 Å². The molecule has 162 valence electrons. The SMILES string of the molecule is N#C/C(=C/c1ccc(-c2ccc(C(=O)O)c(Cl)c2)o1)C1=NN(c2ccccc2)[C@@H](N)[C@@H]1C#N. The van der Waals surface area contributed by atoms with Crippen molar-refractivity contribution in [2.75, 3.05) is 5.01 Å². The van der Waals surface area contributed by atoms with Crippen LogP contribution >= 0.6 is 11.6 Å². The summed E-state index contributed by atoms with van der Waals surface area (Å²) in [6.07, 6.45) is 0.743. The summed E-state index contributed by atoms with van der Waals surface area (Å²) in [6.45, 7) is 0. The number of carbonyl (C=O) groups is 1. The van der Waals surface area contributed by atoms with Crippen LogP contribution in [0.25, 0.3) is 17.4 Å². The molecule has 1 aliphatic rings. The van der Waals surface area contributed by atoms with E-state index in [0.29, 0.717) is 22.8 Å². The predicted molar refractivity (Wildman–Crippen MR) is 123 cm³/mol. The zero-order valence-corrected chi connectivity index (χ0v) is 17.8. The maximum atomic E-state index is 11.1. The number of hydrogen-bond acceptors (Lipinski definition) is 7. The van der Waals surface area contributed by atoms with E-state index in [1.807, 2.05) is 30.3 Å². The molecular formula is C24H16ClN5O3. The maximum absolute atomic E-state index is 11.1. The van der Waals surface area contributed by atoms with Gasteiger partial charge in [-0.1, -0.05) is 35.9 Å². The van der Waals surface area contributed by atoms with E-state index in [1.165, 1.54) is 23.2 Å². The van der Waals surface area contributed by atoms with Gasteiger partial charge in [0, 0.05) is 11.6 Å². The Hall–Kier alpha value is -4.37. The van der Waals surface area contributed by atoms with Crippen molar-refractivity contribution < 1.29 is 14.3 Å². The van der Waals surface area contributed by atoms with Gasteiger partial charge in [-0.15, -0.1) is 0 Å². The monoisotopic (exact) mass is 457 g/mol. The molecule has 0 amide bonds. The molecule has 33 heavy (non-hydrogen) atoms. The number of para-hydroxylation sites is 1. The van der Waals surface area contributed by atoms with Gasteiger partial charge >= 0.3 is 5.97 Å². The Morgan fingerprint density at radius 2 is 1.94 bits per heavy atom. The minimum absolute atomic E-state index is 0.0139. The van der Waals surface area contributed by atoms with Gasteiger partial charge in [0.15, 0.2) is 0 Å². The Morgan fingerprint density at radius 1 is 1.18 bits per heavy atom. The number of aromatic carboxylic acids is 1. The van der Waals surface area contributed by atoms with Crippen molar-refractivity contribution in [3.63, 3.8) is 0 Å². The van der Waals surface area contributed by atoms with Gasteiger partial charge < -0.3 is 15.3 Å². The van der Waals surface area contributed by atoms with Crippen molar-refractivity contribution in [3.05, 3.63) is 82.6 Å². The number of nitrogens with two attached hydrogens (primary N) is 1. The second-order valence-electron chi connectivity index (χ2n) is 7.13. The molecule has 1 aliphatic heterocycles. The van der Waals surface area contributed by atoms with E-state index in [2.05, 4.69) is 17.2 Å². The minimum atomic E-state index is -1.12. The normalized spacial score (nSPS) is 17.9. The molecule has 2 heterocycles. The number of halogens is 1. The van der Waals surface area contributed by atoms with Gasteiger partial charge in [-0.05, 0) is 36.4 Å². The molecule has 0 bridgehead atoms. The third-order valence-corrected chi connectivity index (χ3v) is 5.40. The van der Waals surface area contributed by atoms with Crippen LogP contribution in [-0.2, 0) is 0 Å². The van der Waals surface area contributed by atoms with Gasteiger partial charge in [-0.25, -0.2) is 9.80 Å². The summed E-state index contributed by atoms with van der Waals surface area (Å²) in [5.41, 5.74) is 7.92. The van der Waals surface area contributed by atoms with Crippen molar-refractivity contribution in [1.82, 2.24) is 0 Å². The summed E-state index contributed by atoms with van der Waals surface area (Å²) in [5.74, 6) is -1.15. The number of rotatable bonds is 5. The maximum Gasteiger partial charge on any atom is 0.337 e. The molecule has 8 nitrogen and oxygen atoms in total. The van der Waals surface area contributed by atoms with Crippen molar-refractivity contribution in [1.29, 1.82) is 10.5 Å². The highest BCUT2D eigenvalue weighted by atomic mass is 35.5. The van der Waals surface area contributed by atoms with Crippen LogP contribution < -0.4 is 10.7 Å². The molecule has 3 N–H and O–H groups in total. The second-order valence-corrected chi connectivity index (χ2v) is 7.54. The van der Waals surface area contributed by atoms with Crippen LogP contribution in [0.4, 0.5) is 5.69 Å². The summed E-state index contributed by atoms with van der Waals surface area (Å²) in [5, 5.41) is 34.6. The topological polar surface area (TPSA) is 140 Å². The van der Waals surface area contributed by atoms with Crippen molar-refractivity contribution in [2.24, 2.45) is 16.8 Å². The molecule has 3 aromatic rings. The lowest BCUT2D eigenvalue weighted by molar-refractivity contribution is 0.0697. The number of hydrogen-bond donors (Lipinski definition) is 2. The van der Waals surface area contributed by atoms with Gasteiger partial charge in [-0.2, -0.15) is 15.6 Å². The van der Waals surface area contributed by atoms with Crippen molar-refractivity contribution in [2.45, 2.75) is 6.17 Å². The number of allylic oxidation sites excluding steroid dienone is 1. The molecule has 0 spiro atoms. The largest absolute Gasteiger partial charge is 0.478 e. The molecule has 0 unspecified atom stereocenters. The Balaban J connectivity index is 1.67. The van der Waals surface area contributed by atoms with Crippen molar-refractivity contribution in [3.8, 4) is 23.5 Å². The average molecular weight is 458 g/mol. The summed E-state index contributed by atoms with van der Waals surface area (Å²) >= 11 is 6.04. The molecule has 0 aliphatic carbocycles. The van der Waals surface area contributed by atoms with E-state index in [1.54, 1.807) is 18.2 Å². The molecule has 0 fully saturated rings. The lowest BCUT2D eigenvalue weighted by Gasteiger charge is -2.21. The molecule has 4 rings (SSSR count). The summed E-state index contributed by atoms with van der Waals surface area (Å²) in [4.78, 5) is 11.1. The molecule has 2 atom stereocenters. The molecule has 0 saturated carbocycles. The number of nitriles is 2. The number of carboxylic acids is 1. The number of hydrazone groups is 1. The fourth-order valence-electron chi connectivity index (χ4n) is 3.45. The van der Waals surface area contributed by atoms with Crippen LogP contribution in [0.15, 0.2) is 75.8 Å². The minimum Gasteiger partial charge on any atom is -0.478 e. The van der Waals surface area contributed by atoms with E-state index in [9.17, 15) is 15.3 Å². The Morgan fingerprint density at radius 3 is 2.58 bits per heavy atom. The molecular weight excluding hydrogens is 442 g/mol. The van der Waals surface area contributed by atoms with Crippen LogP contribution in [0.1, 0.15) is 16.1 Å². The quantitative estimate of drug-likeness (QED) is 0.537. The number of carboxylic acid groups (broad SMARTS) is 1. The summed E-state index contributed by atoms with van der Waals surface area (Å²) in [7, 11) is 0. The smallest absolute Gasteiger partial charge is 0.337 e. The first-order valence-corrected chi connectivity index (χ1v) is 10.1. The Bertz CT molecular complexity index is 1360. The van der Waals surface area contributed by atoms with Crippen LogP contribution in [0.5, 0.6) is 0 Å². The lowest BCUT2D eigenvalue weighted by atomic mass is 9.96. The number of anilines is 1. The fourth-order valence-corrected chi connectivity index (χ4v) is 3.71. The summed E-state index contributed by atoms with van der Waals surface area (Å²) in [6, 6.07) is 21.1. The van der Waals surface area contributed by atoms with Gasteiger partial charge in [0.1, 0.15) is 29.7 Å². The van der Waals surface area contributed by atoms with Gasteiger partial charge in [0.2, 0.25) is 0 Å². The van der Waals surface area contributed by atoms with Gasteiger partial charge in [-0.3, -0.25) is 0 Å². The molecule has 9 heteroatoms. The first kappa shape index (κ1) is 21.8. The predicted octanol–water partition coefficient (Wildman–Crippen LogP) is 4.51. The highest BCUT2D eigenvalue weighted by Gasteiger charge is 2.37. The van der Waals surface area contributed by atoms with E-state index < -0.39 is 18.1 Å². The molecule has 0 radical (unpaired) electrons. The number of benzene rings is 2. The van der Waals surface area contributed by atoms with E-state index in [-0.39, 0.29) is 21.9 Å². The zero-order valence-electron chi connectivity index (χ0n) is 17.0. The van der Waals surface area contributed by atoms with Crippen LogP contribution in [0.2, 0.25) is 5.02 Å². The Labute approximate surface area is 194 Å². The first-order valence-electron chi connectivity index (χ1n) is 9.76. The Kier molecular flexibility index (Phi) is 5.97. The number of nitrogens with zero attached hydrogens (tertiary/aromatic N) is 4. The molecule has 1 aromatic heterocycles. The van der Waals surface area contributed by atoms with Crippen LogP contribution in [0, 0.1) is 28.6 Å². The standard InChI is InChI=1S/C24H16ClN5O3/c25-20-11-14(6-8-18(20)24(31)32)21-9-7-17(33-21)10-15(12-26)22-19(13-27)23(28)30(29-22)16-4-2-1-3-5-16/h1-11,19,23H,28H2,(H,31,32)/b15-10-/t19-,23-/m1/s1. The third kappa shape index (κ3) is 4.21. The third-order valence-electron chi connectivity index (χ3n) is 5.09. The van der Waals surface area contributed by atoms with E-state index in [4.69, 9.17) is 26.9 Å². The van der Waals surface area contributed by atoms with E-state index in [0.717, 1.165) is 0 Å². The van der Waals surface area contributed by atoms with Gasteiger partial charge in [0.05, 0.1) is 33.6 Å². The summed E-state index contributed by atoms with van der Waals surface area (Å²) < 4.78 is 5.81. The average Bonchev–Trinajstić information content (AvgIpc) is 3.41. The fraction of sp³-hybridized carbons (Fsp3) is 0.0833. The van der Waals surface area contributed by atoms with Gasteiger partial charge in [0.25, 0.3) is 0 Å². The highest BCUT2D eigenvalue weighted by Crippen LogP contribution is 2.31. The molecule has 2 aromatic carbocycles. The highest BCUT2D eigenvalue weighted by molar-refractivity contribution is 6.33. The van der Waals surface area contributed by atoms with E-state index >= 15 is 0 Å². The molecule has 0 saturated heterocycles. The number of furan rings is 1. The lowest BCUT2D eigenvalue weighted by Crippen LogP contribution is -2.40. The second kappa shape index (κ2) is 9.01. The first-order chi connectivity index (χ1) is 15.9. The van der Waals surface area contributed by atoms with Crippen LogP contribution in [-0.4, -0.2) is 23.0 Å².